The Morgan fingerprint density at radius 2 is 1.95 bits per heavy atom. The Hall–Kier alpha value is -2.44. The molecule has 1 aromatic carbocycles. The number of hydrogen-bond acceptors (Lipinski definition) is 4. The number of fused-ring (bicyclic) bond motifs is 1. The number of likely N-dealkylation sites (tertiary alicyclic amines) is 1. The van der Waals surface area contributed by atoms with Crippen LogP contribution in [0.1, 0.15) is 36.2 Å². The predicted octanol–water partition coefficient (Wildman–Crippen LogP) is 2.49. The van der Waals surface area contributed by atoms with Gasteiger partial charge < -0.3 is 4.90 Å². The SMILES string of the molecule is O=C(c1n[nH]c2ccc([N+](=O)[O-])cc12)N1CCCCCC1. The molecule has 7 heteroatoms. The summed E-state index contributed by atoms with van der Waals surface area (Å²) in [6.07, 6.45) is 4.26. The lowest BCUT2D eigenvalue weighted by atomic mass is 10.1. The van der Waals surface area contributed by atoms with Gasteiger partial charge in [-0.1, -0.05) is 12.8 Å². The van der Waals surface area contributed by atoms with Gasteiger partial charge in [0.15, 0.2) is 5.69 Å². The number of amides is 1. The fourth-order valence-corrected chi connectivity index (χ4v) is 2.70. The number of nitro benzene ring substituents is 1. The fourth-order valence-electron chi connectivity index (χ4n) is 2.70. The van der Waals surface area contributed by atoms with Gasteiger partial charge in [0.05, 0.1) is 10.4 Å². The highest BCUT2D eigenvalue weighted by Crippen LogP contribution is 2.23. The van der Waals surface area contributed by atoms with E-state index in [0.29, 0.717) is 10.9 Å². The second-order valence-corrected chi connectivity index (χ2v) is 5.27. The number of aromatic nitrogens is 2. The highest BCUT2D eigenvalue weighted by molar-refractivity contribution is 6.05. The van der Waals surface area contributed by atoms with E-state index in [9.17, 15) is 14.9 Å². The van der Waals surface area contributed by atoms with Gasteiger partial charge in [0.2, 0.25) is 0 Å². The minimum Gasteiger partial charge on any atom is -0.337 e. The van der Waals surface area contributed by atoms with Crippen molar-refractivity contribution in [1.29, 1.82) is 0 Å². The Bertz CT molecular complexity index is 687. The molecule has 1 aliphatic rings. The summed E-state index contributed by atoms with van der Waals surface area (Å²) in [5.41, 5.74) is 0.878. The summed E-state index contributed by atoms with van der Waals surface area (Å²) < 4.78 is 0. The summed E-state index contributed by atoms with van der Waals surface area (Å²) in [6.45, 7) is 1.45. The summed E-state index contributed by atoms with van der Waals surface area (Å²) in [5, 5.41) is 18.2. The zero-order valence-electron chi connectivity index (χ0n) is 11.5. The first-order valence-corrected chi connectivity index (χ1v) is 7.08. The minimum absolute atomic E-state index is 0.0335. The number of carbonyl (C=O) groups is 1. The van der Waals surface area contributed by atoms with E-state index in [-0.39, 0.29) is 17.3 Å². The molecule has 0 bridgehead atoms. The summed E-state index contributed by atoms with van der Waals surface area (Å²) >= 11 is 0. The fraction of sp³-hybridized carbons (Fsp3) is 0.429. The molecule has 0 aliphatic carbocycles. The predicted molar refractivity (Wildman–Crippen MR) is 77.1 cm³/mol. The normalized spacial score (nSPS) is 15.9. The summed E-state index contributed by atoms with van der Waals surface area (Å²) in [7, 11) is 0. The van der Waals surface area contributed by atoms with Gasteiger partial charge in [0.1, 0.15) is 0 Å². The maximum Gasteiger partial charge on any atom is 0.274 e. The molecule has 1 aliphatic heterocycles. The van der Waals surface area contributed by atoms with E-state index in [1.807, 2.05) is 0 Å². The molecule has 2 heterocycles. The molecule has 7 nitrogen and oxygen atoms in total. The van der Waals surface area contributed by atoms with E-state index < -0.39 is 4.92 Å². The molecule has 1 aromatic heterocycles. The first-order chi connectivity index (χ1) is 10.2. The molecular formula is C14H16N4O3. The van der Waals surface area contributed by atoms with Crippen molar-refractivity contribution in [3.05, 3.63) is 34.0 Å². The van der Waals surface area contributed by atoms with Crippen LogP contribution in [0.25, 0.3) is 10.9 Å². The Labute approximate surface area is 121 Å². The number of rotatable bonds is 2. The smallest absolute Gasteiger partial charge is 0.274 e. The molecular weight excluding hydrogens is 272 g/mol. The monoisotopic (exact) mass is 288 g/mol. The maximum atomic E-state index is 12.6. The van der Waals surface area contributed by atoms with Crippen molar-refractivity contribution in [2.24, 2.45) is 0 Å². The third-order valence-electron chi connectivity index (χ3n) is 3.85. The second kappa shape index (κ2) is 5.51. The molecule has 0 unspecified atom stereocenters. The van der Waals surface area contributed by atoms with Gasteiger partial charge in [-0.15, -0.1) is 0 Å². The maximum absolute atomic E-state index is 12.6. The molecule has 0 saturated carbocycles. The Morgan fingerprint density at radius 3 is 2.62 bits per heavy atom. The zero-order valence-corrected chi connectivity index (χ0v) is 11.5. The van der Waals surface area contributed by atoms with Crippen molar-refractivity contribution in [3.63, 3.8) is 0 Å². The van der Waals surface area contributed by atoms with Gasteiger partial charge in [-0.3, -0.25) is 20.0 Å². The Morgan fingerprint density at radius 1 is 1.24 bits per heavy atom. The van der Waals surface area contributed by atoms with Crippen molar-refractivity contribution in [2.45, 2.75) is 25.7 Å². The van der Waals surface area contributed by atoms with Crippen LogP contribution in [0.4, 0.5) is 5.69 Å². The highest BCUT2D eigenvalue weighted by Gasteiger charge is 2.23. The molecule has 1 N–H and O–H groups in total. The molecule has 3 rings (SSSR count). The highest BCUT2D eigenvalue weighted by atomic mass is 16.6. The van der Waals surface area contributed by atoms with Crippen LogP contribution < -0.4 is 0 Å². The Kier molecular flexibility index (Phi) is 3.55. The number of non-ortho nitro benzene ring substituents is 1. The van der Waals surface area contributed by atoms with Gasteiger partial charge >= 0.3 is 0 Å². The number of nitrogens with one attached hydrogen (secondary N) is 1. The number of nitrogens with zero attached hydrogens (tertiary/aromatic N) is 3. The molecule has 0 radical (unpaired) electrons. The van der Waals surface area contributed by atoms with Gasteiger partial charge in [0.25, 0.3) is 11.6 Å². The van der Waals surface area contributed by atoms with Crippen molar-refractivity contribution in [1.82, 2.24) is 15.1 Å². The number of hydrogen-bond donors (Lipinski definition) is 1. The van der Waals surface area contributed by atoms with Crippen LogP contribution >= 0.6 is 0 Å². The van der Waals surface area contributed by atoms with Crippen molar-refractivity contribution in [3.8, 4) is 0 Å². The van der Waals surface area contributed by atoms with E-state index in [2.05, 4.69) is 10.2 Å². The number of H-pyrrole nitrogens is 1. The largest absolute Gasteiger partial charge is 0.337 e. The number of benzene rings is 1. The van der Waals surface area contributed by atoms with E-state index in [1.165, 1.54) is 12.1 Å². The van der Waals surface area contributed by atoms with Gasteiger partial charge in [-0.2, -0.15) is 5.10 Å². The molecule has 1 saturated heterocycles. The zero-order chi connectivity index (χ0) is 14.8. The van der Waals surface area contributed by atoms with Crippen LogP contribution in [0.15, 0.2) is 18.2 Å². The molecule has 0 spiro atoms. The third kappa shape index (κ3) is 2.58. The topological polar surface area (TPSA) is 92.1 Å². The van der Waals surface area contributed by atoms with Crippen LogP contribution in [0, 0.1) is 10.1 Å². The van der Waals surface area contributed by atoms with E-state index in [4.69, 9.17) is 0 Å². The van der Waals surface area contributed by atoms with Crippen LogP contribution in [0.2, 0.25) is 0 Å². The average molecular weight is 288 g/mol. The van der Waals surface area contributed by atoms with Crippen LogP contribution in [-0.2, 0) is 0 Å². The van der Waals surface area contributed by atoms with Gasteiger partial charge in [0, 0.05) is 30.6 Å². The number of carbonyl (C=O) groups excluding carboxylic acids is 1. The second-order valence-electron chi connectivity index (χ2n) is 5.27. The molecule has 1 fully saturated rings. The van der Waals surface area contributed by atoms with E-state index >= 15 is 0 Å². The number of nitro groups is 1. The quantitative estimate of drug-likeness (QED) is 0.678. The number of aromatic amines is 1. The van der Waals surface area contributed by atoms with Crippen molar-refractivity contribution in [2.75, 3.05) is 13.1 Å². The van der Waals surface area contributed by atoms with Crippen LogP contribution in [0.3, 0.4) is 0 Å². The minimum atomic E-state index is -0.466. The first kappa shape index (κ1) is 13.5. The van der Waals surface area contributed by atoms with E-state index in [0.717, 1.165) is 38.8 Å². The summed E-state index contributed by atoms with van der Waals surface area (Å²) in [6, 6.07) is 4.39. The summed E-state index contributed by atoms with van der Waals surface area (Å²) in [5.74, 6) is -0.149. The standard InChI is InChI=1S/C14H16N4O3/c19-14(17-7-3-1-2-4-8-17)13-11-9-10(18(20)21)5-6-12(11)15-16-13/h5-6,9H,1-4,7-8H2,(H,15,16). The molecule has 21 heavy (non-hydrogen) atoms. The van der Waals surface area contributed by atoms with Crippen LogP contribution in [0.5, 0.6) is 0 Å². The molecule has 0 atom stereocenters. The van der Waals surface area contributed by atoms with Crippen LogP contribution in [-0.4, -0.2) is 39.0 Å². The average Bonchev–Trinajstić information content (AvgIpc) is 2.71. The van der Waals surface area contributed by atoms with Gasteiger partial charge in [-0.25, -0.2) is 0 Å². The first-order valence-electron chi connectivity index (χ1n) is 7.08. The van der Waals surface area contributed by atoms with Crippen molar-refractivity contribution < 1.29 is 9.72 Å². The van der Waals surface area contributed by atoms with E-state index in [1.54, 1.807) is 11.0 Å². The Balaban J connectivity index is 1.97. The third-order valence-corrected chi connectivity index (χ3v) is 3.85. The molecule has 2 aromatic rings. The molecule has 1 amide bonds. The summed E-state index contributed by atoms with van der Waals surface area (Å²) in [4.78, 5) is 24.8. The van der Waals surface area contributed by atoms with Crippen molar-refractivity contribution >= 4 is 22.5 Å². The van der Waals surface area contributed by atoms with Gasteiger partial charge in [-0.05, 0) is 18.9 Å². The molecule has 110 valence electrons. The lowest BCUT2D eigenvalue weighted by Crippen LogP contribution is -2.32. The lowest BCUT2D eigenvalue weighted by Gasteiger charge is -2.18. The lowest BCUT2D eigenvalue weighted by molar-refractivity contribution is -0.384.